The summed E-state index contributed by atoms with van der Waals surface area (Å²) in [5.41, 5.74) is 2.01. The van der Waals surface area contributed by atoms with Gasteiger partial charge in [0.1, 0.15) is 5.82 Å². The molecule has 7 heteroatoms. The Kier molecular flexibility index (Phi) is 9.00. The molecule has 0 aliphatic rings. The van der Waals surface area contributed by atoms with Crippen LogP contribution in [0.5, 0.6) is 0 Å². The number of anilines is 1. The maximum Gasteiger partial charge on any atom is 0.237 e. The van der Waals surface area contributed by atoms with Crippen LogP contribution in [0.2, 0.25) is 0 Å². The number of para-hydroxylation sites is 1. The van der Waals surface area contributed by atoms with Crippen LogP contribution in [0.25, 0.3) is 0 Å². The van der Waals surface area contributed by atoms with Crippen molar-refractivity contribution in [2.75, 3.05) is 5.32 Å². The summed E-state index contributed by atoms with van der Waals surface area (Å²) < 4.78 is 2.05. The highest BCUT2D eigenvalue weighted by Crippen LogP contribution is 2.30. The van der Waals surface area contributed by atoms with Crippen molar-refractivity contribution in [2.45, 2.75) is 60.7 Å². The van der Waals surface area contributed by atoms with Crippen LogP contribution >= 0.6 is 23.5 Å². The molecule has 0 radical (unpaired) electrons. The van der Waals surface area contributed by atoms with E-state index in [2.05, 4.69) is 54.1 Å². The molecule has 1 amide bonds. The first-order valence-electron chi connectivity index (χ1n) is 10.8. The Morgan fingerprint density at radius 2 is 1.84 bits per heavy atom. The first-order valence-corrected chi connectivity index (χ1v) is 12.7. The Bertz CT molecular complexity index is 1030. The van der Waals surface area contributed by atoms with Crippen LogP contribution in [-0.2, 0) is 17.1 Å². The van der Waals surface area contributed by atoms with E-state index in [4.69, 9.17) is 0 Å². The SMILES string of the molecule is C=CCn1c(CSc2ccccc2)nnc1SC(CC)C(=O)Nc1ccccc1C(C)C. The minimum Gasteiger partial charge on any atom is -0.325 e. The van der Waals surface area contributed by atoms with Crippen molar-refractivity contribution in [3.63, 3.8) is 0 Å². The van der Waals surface area contributed by atoms with E-state index in [1.165, 1.54) is 16.7 Å². The van der Waals surface area contributed by atoms with E-state index in [1.807, 2.05) is 54.0 Å². The molecule has 168 valence electrons. The minimum atomic E-state index is -0.266. The molecule has 1 unspecified atom stereocenters. The number of carbonyl (C=O) groups is 1. The zero-order chi connectivity index (χ0) is 22.9. The van der Waals surface area contributed by atoms with Gasteiger partial charge >= 0.3 is 0 Å². The first kappa shape index (κ1) is 24.1. The highest BCUT2D eigenvalue weighted by Gasteiger charge is 2.23. The molecule has 0 bridgehead atoms. The molecule has 0 spiro atoms. The molecule has 1 aromatic heterocycles. The lowest BCUT2D eigenvalue weighted by Crippen LogP contribution is -2.25. The van der Waals surface area contributed by atoms with Crippen LogP contribution in [0.3, 0.4) is 0 Å². The fourth-order valence-electron chi connectivity index (χ4n) is 3.27. The molecular weight excluding hydrogens is 436 g/mol. The molecule has 3 rings (SSSR count). The Hall–Kier alpha value is -2.51. The largest absolute Gasteiger partial charge is 0.325 e. The highest BCUT2D eigenvalue weighted by molar-refractivity contribution is 8.00. The van der Waals surface area contributed by atoms with E-state index in [1.54, 1.807) is 11.8 Å². The maximum atomic E-state index is 13.1. The first-order chi connectivity index (χ1) is 15.5. The highest BCUT2D eigenvalue weighted by atomic mass is 32.2. The third kappa shape index (κ3) is 6.26. The van der Waals surface area contributed by atoms with Crippen molar-refractivity contribution in [3.8, 4) is 0 Å². The number of thioether (sulfide) groups is 2. The minimum absolute atomic E-state index is 0.0148. The number of rotatable bonds is 11. The molecule has 0 saturated carbocycles. The predicted molar refractivity (Wildman–Crippen MR) is 135 cm³/mol. The molecule has 5 nitrogen and oxygen atoms in total. The molecule has 3 aromatic rings. The van der Waals surface area contributed by atoms with Crippen LogP contribution in [0.15, 0.2) is 77.3 Å². The second kappa shape index (κ2) is 11.9. The van der Waals surface area contributed by atoms with Gasteiger partial charge in [0.2, 0.25) is 5.91 Å². The smallest absolute Gasteiger partial charge is 0.237 e. The van der Waals surface area contributed by atoms with E-state index in [-0.39, 0.29) is 11.2 Å². The summed E-state index contributed by atoms with van der Waals surface area (Å²) >= 11 is 3.18. The summed E-state index contributed by atoms with van der Waals surface area (Å²) in [5, 5.41) is 12.4. The molecule has 1 N–H and O–H groups in total. The number of benzene rings is 2. The normalized spacial score (nSPS) is 12.0. The molecular formula is C25H30N4OS2. The van der Waals surface area contributed by atoms with E-state index < -0.39 is 0 Å². The maximum absolute atomic E-state index is 13.1. The molecule has 1 heterocycles. The van der Waals surface area contributed by atoms with Gasteiger partial charge in [-0.1, -0.05) is 75.0 Å². The van der Waals surface area contributed by atoms with Crippen LogP contribution < -0.4 is 5.32 Å². The fourth-order valence-corrected chi connectivity index (χ4v) is 5.11. The van der Waals surface area contributed by atoms with Crippen molar-refractivity contribution in [1.82, 2.24) is 14.8 Å². The van der Waals surface area contributed by atoms with Crippen molar-refractivity contribution < 1.29 is 4.79 Å². The van der Waals surface area contributed by atoms with Gasteiger partial charge in [-0.25, -0.2) is 0 Å². The van der Waals surface area contributed by atoms with Gasteiger partial charge < -0.3 is 9.88 Å². The lowest BCUT2D eigenvalue weighted by atomic mass is 10.0. The Labute approximate surface area is 199 Å². The third-order valence-electron chi connectivity index (χ3n) is 4.97. The summed E-state index contributed by atoms with van der Waals surface area (Å²) in [6, 6.07) is 18.2. The molecule has 1 atom stereocenters. The standard InChI is InChI=1S/C25H30N4OS2/c1-5-16-29-23(17-31-19-12-8-7-9-13-19)27-28-25(29)32-22(6-2)24(30)26-21-15-11-10-14-20(21)18(3)4/h5,7-15,18,22H,1,6,16-17H2,2-4H3,(H,26,30). The quantitative estimate of drug-likeness (QED) is 0.262. The van der Waals surface area contributed by atoms with Crippen molar-refractivity contribution in [1.29, 1.82) is 0 Å². The number of amides is 1. The number of nitrogens with zero attached hydrogens (tertiary/aromatic N) is 3. The number of carbonyl (C=O) groups excluding carboxylic acids is 1. The summed E-state index contributed by atoms with van der Waals surface area (Å²) in [6.07, 6.45) is 2.53. The second-order valence-electron chi connectivity index (χ2n) is 7.65. The average Bonchev–Trinajstić information content (AvgIpc) is 3.18. The summed E-state index contributed by atoms with van der Waals surface area (Å²) in [4.78, 5) is 14.3. The van der Waals surface area contributed by atoms with Crippen molar-refractivity contribution in [3.05, 3.63) is 78.6 Å². The Morgan fingerprint density at radius 1 is 1.12 bits per heavy atom. The molecule has 0 aliphatic carbocycles. The van der Waals surface area contributed by atoms with E-state index in [0.717, 1.165) is 22.2 Å². The van der Waals surface area contributed by atoms with Crippen LogP contribution in [0.4, 0.5) is 5.69 Å². The number of allylic oxidation sites excluding steroid dienone is 1. The van der Waals surface area contributed by atoms with Gasteiger partial charge in [-0.05, 0) is 36.1 Å². The van der Waals surface area contributed by atoms with Crippen LogP contribution in [-0.4, -0.2) is 25.9 Å². The lowest BCUT2D eigenvalue weighted by molar-refractivity contribution is -0.115. The monoisotopic (exact) mass is 466 g/mol. The van der Waals surface area contributed by atoms with Gasteiger partial charge in [-0.15, -0.1) is 28.5 Å². The Morgan fingerprint density at radius 3 is 2.53 bits per heavy atom. The van der Waals surface area contributed by atoms with Gasteiger partial charge in [0.15, 0.2) is 5.16 Å². The molecule has 2 aromatic carbocycles. The molecule has 32 heavy (non-hydrogen) atoms. The lowest BCUT2D eigenvalue weighted by Gasteiger charge is -2.18. The molecule has 0 saturated heterocycles. The number of aromatic nitrogens is 3. The third-order valence-corrected chi connectivity index (χ3v) is 7.32. The van der Waals surface area contributed by atoms with Crippen molar-refractivity contribution in [2.24, 2.45) is 0 Å². The Balaban J connectivity index is 1.73. The molecule has 0 fully saturated rings. The summed E-state index contributed by atoms with van der Waals surface area (Å²) in [6.45, 7) is 10.8. The summed E-state index contributed by atoms with van der Waals surface area (Å²) in [5.74, 6) is 1.90. The zero-order valence-electron chi connectivity index (χ0n) is 18.8. The fraction of sp³-hybridized carbons (Fsp3) is 0.320. The number of hydrogen-bond acceptors (Lipinski definition) is 5. The number of nitrogens with one attached hydrogen (secondary N) is 1. The number of hydrogen-bond donors (Lipinski definition) is 1. The van der Waals surface area contributed by atoms with Crippen LogP contribution in [0, 0.1) is 0 Å². The van der Waals surface area contributed by atoms with Gasteiger partial charge in [-0.3, -0.25) is 4.79 Å². The molecule has 0 aliphatic heterocycles. The topological polar surface area (TPSA) is 59.8 Å². The van der Waals surface area contributed by atoms with Gasteiger partial charge in [0, 0.05) is 17.1 Å². The zero-order valence-corrected chi connectivity index (χ0v) is 20.5. The van der Waals surface area contributed by atoms with E-state index >= 15 is 0 Å². The average molecular weight is 467 g/mol. The van der Waals surface area contributed by atoms with Crippen LogP contribution in [0.1, 0.15) is 44.5 Å². The second-order valence-corrected chi connectivity index (χ2v) is 9.86. The van der Waals surface area contributed by atoms with Gasteiger partial charge in [0.25, 0.3) is 0 Å². The van der Waals surface area contributed by atoms with E-state index in [0.29, 0.717) is 24.6 Å². The van der Waals surface area contributed by atoms with Gasteiger partial charge in [-0.2, -0.15) is 0 Å². The summed E-state index contributed by atoms with van der Waals surface area (Å²) in [7, 11) is 0. The van der Waals surface area contributed by atoms with E-state index in [9.17, 15) is 4.79 Å². The van der Waals surface area contributed by atoms with Gasteiger partial charge in [0.05, 0.1) is 11.0 Å². The predicted octanol–water partition coefficient (Wildman–Crippen LogP) is 6.39. The van der Waals surface area contributed by atoms with Crippen molar-refractivity contribution >= 4 is 35.1 Å².